The number of thiophene rings is 1. The van der Waals surface area contributed by atoms with Crippen molar-refractivity contribution >= 4 is 75.3 Å². The van der Waals surface area contributed by atoms with E-state index in [1.54, 1.807) is 0 Å². The molecule has 0 saturated carbocycles. The van der Waals surface area contributed by atoms with Crippen molar-refractivity contribution in [1.82, 2.24) is 19.5 Å². The van der Waals surface area contributed by atoms with Gasteiger partial charge in [0.25, 0.3) is 0 Å². The van der Waals surface area contributed by atoms with Gasteiger partial charge in [0.15, 0.2) is 17.5 Å². The Morgan fingerprint density at radius 2 is 0.947 bits per heavy atom. The predicted octanol–water partition coefficient (Wildman–Crippen LogP) is 13.9. The molecule has 57 heavy (non-hydrogen) atoms. The fourth-order valence-corrected chi connectivity index (χ4v) is 9.50. The van der Waals surface area contributed by atoms with E-state index in [0.717, 1.165) is 49.8 Å². The maximum absolute atomic E-state index is 6.53. The Bertz CT molecular complexity index is 3420. The second kappa shape index (κ2) is 12.6. The molecule has 0 atom stereocenters. The van der Waals surface area contributed by atoms with Crippen molar-refractivity contribution in [3.8, 4) is 51.0 Å². The van der Waals surface area contributed by atoms with Crippen molar-refractivity contribution in [2.45, 2.75) is 0 Å². The number of rotatable bonds is 5. The van der Waals surface area contributed by atoms with Crippen LogP contribution in [-0.4, -0.2) is 19.5 Å². The fraction of sp³-hybridized carbons (Fsp3) is 0. The van der Waals surface area contributed by atoms with E-state index in [4.69, 9.17) is 19.4 Å². The maximum atomic E-state index is 6.53. The van der Waals surface area contributed by atoms with Gasteiger partial charge in [0, 0.05) is 58.4 Å². The molecule has 0 amide bonds. The summed E-state index contributed by atoms with van der Waals surface area (Å²) in [5, 5.41) is 7.12. The largest absolute Gasteiger partial charge is 0.456 e. The van der Waals surface area contributed by atoms with Crippen LogP contribution in [0.5, 0.6) is 0 Å². The lowest BCUT2D eigenvalue weighted by Crippen LogP contribution is -2.00. The lowest BCUT2D eigenvalue weighted by Gasteiger charge is -2.10. The smallest absolute Gasteiger partial charge is 0.164 e. The van der Waals surface area contributed by atoms with Gasteiger partial charge in [-0.15, -0.1) is 11.3 Å². The molecule has 0 aliphatic carbocycles. The van der Waals surface area contributed by atoms with Crippen molar-refractivity contribution in [3.63, 3.8) is 0 Å². The molecule has 0 bridgehead atoms. The number of hydrogen-bond donors (Lipinski definition) is 0. The van der Waals surface area contributed by atoms with Gasteiger partial charge < -0.3 is 8.98 Å². The van der Waals surface area contributed by atoms with E-state index in [9.17, 15) is 0 Å². The van der Waals surface area contributed by atoms with Crippen molar-refractivity contribution in [3.05, 3.63) is 182 Å². The molecule has 8 aromatic carbocycles. The van der Waals surface area contributed by atoms with Crippen LogP contribution in [0.25, 0.3) is 115 Å². The second-order valence-corrected chi connectivity index (χ2v) is 15.5. The zero-order chi connectivity index (χ0) is 37.5. The minimum atomic E-state index is 0.618. The van der Waals surface area contributed by atoms with Crippen molar-refractivity contribution in [2.75, 3.05) is 0 Å². The van der Waals surface area contributed by atoms with Gasteiger partial charge in [-0.3, -0.25) is 0 Å². The summed E-state index contributed by atoms with van der Waals surface area (Å²) in [5.74, 6) is 1.89. The van der Waals surface area contributed by atoms with E-state index in [-0.39, 0.29) is 0 Å². The number of furan rings is 1. The number of hydrogen-bond acceptors (Lipinski definition) is 5. The highest BCUT2D eigenvalue weighted by molar-refractivity contribution is 7.25. The van der Waals surface area contributed by atoms with Crippen LogP contribution in [0.4, 0.5) is 0 Å². The minimum absolute atomic E-state index is 0.618. The molecular weight excluding hydrogens is 717 g/mol. The zero-order valence-corrected chi connectivity index (χ0v) is 31.2. The molecule has 12 aromatic rings. The van der Waals surface area contributed by atoms with Gasteiger partial charge in [0.1, 0.15) is 11.2 Å². The normalized spacial score (nSPS) is 11.9. The minimum Gasteiger partial charge on any atom is -0.456 e. The Hall–Kier alpha value is -7.41. The van der Waals surface area contributed by atoms with Crippen LogP contribution in [0.3, 0.4) is 0 Å². The summed E-state index contributed by atoms with van der Waals surface area (Å²) in [6, 6.07) is 63.9. The molecule has 0 N–H and O–H groups in total. The standard InChI is InChI=1S/C51H30N4OS/c1-3-12-31(13-4-1)49-52-50(32-14-5-2-6-15-32)54-51(53-49)35-23-26-44-39(29-35)38-25-22-34(30-45(38)56-44)33-24-27-46-40(28-33)48-43(20-11-21-47(48)57-46)55-41-18-9-7-16-36(41)37-17-8-10-19-42(37)55/h1-30H. The molecule has 0 unspecified atom stereocenters. The Morgan fingerprint density at radius 1 is 0.368 bits per heavy atom. The van der Waals surface area contributed by atoms with Crippen LogP contribution >= 0.6 is 11.3 Å². The molecule has 0 saturated heterocycles. The number of aromatic nitrogens is 4. The molecule has 0 spiro atoms. The molecule has 4 aromatic heterocycles. The summed E-state index contributed by atoms with van der Waals surface area (Å²) < 4.78 is 11.5. The monoisotopic (exact) mass is 746 g/mol. The lowest BCUT2D eigenvalue weighted by atomic mass is 10.0. The van der Waals surface area contributed by atoms with Gasteiger partial charge in [-0.1, -0.05) is 115 Å². The van der Waals surface area contributed by atoms with E-state index in [0.29, 0.717) is 17.5 Å². The fourth-order valence-electron chi connectivity index (χ4n) is 8.39. The number of nitrogens with zero attached hydrogens (tertiary/aromatic N) is 4. The van der Waals surface area contributed by atoms with Gasteiger partial charge in [-0.05, 0) is 77.9 Å². The first-order valence-electron chi connectivity index (χ1n) is 19.0. The summed E-state index contributed by atoms with van der Waals surface area (Å²) in [6.07, 6.45) is 0. The molecule has 0 radical (unpaired) electrons. The third kappa shape index (κ3) is 5.12. The number of fused-ring (bicyclic) bond motifs is 9. The Kier molecular flexibility index (Phi) is 7.03. The zero-order valence-electron chi connectivity index (χ0n) is 30.4. The summed E-state index contributed by atoms with van der Waals surface area (Å²) in [4.78, 5) is 14.8. The van der Waals surface area contributed by atoms with Gasteiger partial charge in [0.05, 0.1) is 16.7 Å². The number of benzene rings is 8. The predicted molar refractivity (Wildman–Crippen MR) is 236 cm³/mol. The van der Waals surface area contributed by atoms with Gasteiger partial charge in [0.2, 0.25) is 0 Å². The van der Waals surface area contributed by atoms with Gasteiger partial charge in [-0.25, -0.2) is 15.0 Å². The quantitative estimate of drug-likeness (QED) is 0.176. The van der Waals surface area contributed by atoms with Crippen molar-refractivity contribution in [2.24, 2.45) is 0 Å². The van der Waals surface area contributed by atoms with Crippen molar-refractivity contribution in [1.29, 1.82) is 0 Å². The van der Waals surface area contributed by atoms with Crippen LogP contribution < -0.4 is 0 Å². The Balaban J connectivity index is 0.975. The maximum Gasteiger partial charge on any atom is 0.164 e. The number of para-hydroxylation sites is 2. The van der Waals surface area contributed by atoms with Crippen LogP contribution in [0.1, 0.15) is 0 Å². The van der Waals surface area contributed by atoms with E-state index in [2.05, 4.69) is 114 Å². The molecule has 5 nitrogen and oxygen atoms in total. The molecule has 0 fully saturated rings. The first-order chi connectivity index (χ1) is 28.2. The summed E-state index contributed by atoms with van der Waals surface area (Å²) in [5.41, 5.74) is 10.3. The molecule has 12 rings (SSSR count). The highest BCUT2D eigenvalue weighted by Gasteiger charge is 2.18. The molecule has 4 heterocycles. The molecule has 0 aliphatic heterocycles. The van der Waals surface area contributed by atoms with E-state index in [1.165, 1.54) is 47.7 Å². The average Bonchev–Trinajstić information content (AvgIpc) is 3.95. The van der Waals surface area contributed by atoms with Crippen LogP contribution in [0.2, 0.25) is 0 Å². The SMILES string of the molecule is c1ccc(-c2nc(-c3ccccc3)nc(-c3ccc4oc5cc(-c6ccc7sc8cccc(-n9c%10ccccc%10c%10ccccc%109)c8c7c6)ccc5c4c3)n2)cc1. The second-order valence-electron chi connectivity index (χ2n) is 14.4. The van der Waals surface area contributed by atoms with Crippen LogP contribution in [-0.2, 0) is 0 Å². The Morgan fingerprint density at radius 3 is 1.65 bits per heavy atom. The summed E-state index contributed by atoms with van der Waals surface area (Å²) in [6.45, 7) is 0. The molecule has 0 aliphatic rings. The third-order valence-electron chi connectivity index (χ3n) is 11.1. The van der Waals surface area contributed by atoms with Crippen LogP contribution in [0, 0.1) is 0 Å². The average molecular weight is 747 g/mol. The van der Waals surface area contributed by atoms with Crippen molar-refractivity contribution < 1.29 is 4.42 Å². The first kappa shape index (κ1) is 31.9. The molecule has 266 valence electrons. The topological polar surface area (TPSA) is 56.7 Å². The summed E-state index contributed by atoms with van der Waals surface area (Å²) in [7, 11) is 0. The lowest BCUT2D eigenvalue weighted by molar-refractivity contribution is 0.669. The van der Waals surface area contributed by atoms with E-state index in [1.807, 2.05) is 84.1 Å². The Labute approximate surface area is 330 Å². The summed E-state index contributed by atoms with van der Waals surface area (Å²) >= 11 is 1.85. The van der Waals surface area contributed by atoms with E-state index < -0.39 is 0 Å². The third-order valence-corrected chi connectivity index (χ3v) is 12.2. The molecular formula is C51H30N4OS. The highest BCUT2D eigenvalue weighted by atomic mass is 32.1. The highest BCUT2D eigenvalue weighted by Crippen LogP contribution is 2.43. The van der Waals surface area contributed by atoms with Crippen LogP contribution in [0.15, 0.2) is 186 Å². The molecule has 6 heteroatoms. The van der Waals surface area contributed by atoms with E-state index >= 15 is 0 Å². The first-order valence-corrected chi connectivity index (χ1v) is 19.8. The van der Waals surface area contributed by atoms with Gasteiger partial charge >= 0.3 is 0 Å². The van der Waals surface area contributed by atoms with Gasteiger partial charge in [-0.2, -0.15) is 0 Å².